The number of benzene rings is 1. The van der Waals surface area contributed by atoms with Crippen LogP contribution in [0, 0.1) is 11.3 Å². The molecule has 5 nitrogen and oxygen atoms in total. The molecule has 8 heteroatoms. The van der Waals surface area contributed by atoms with E-state index in [1.165, 1.54) is 0 Å². The first-order chi connectivity index (χ1) is 15.0. The number of carbonyl (C=O) groups is 2. The molecule has 32 heavy (non-hydrogen) atoms. The van der Waals surface area contributed by atoms with Gasteiger partial charge in [-0.25, -0.2) is 4.79 Å². The van der Waals surface area contributed by atoms with Crippen molar-refractivity contribution >= 4 is 11.9 Å². The average Bonchev–Trinajstić information content (AvgIpc) is 3.13. The van der Waals surface area contributed by atoms with Crippen molar-refractivity contribution in [3.8, 4) is 0 Å². The van der Waals surface area contributed by atoms with Gasteiger partial charge in [0.25, 0.3) is 5.91 Å². The van der Waals surface area contributed by atoms with Crippen LogP contribution in [-0.2, 0) is 27.9 Å². The fourth-order valence-corrected chi connectivity index (χ4v) is 5.89. The van der Waals surface area contributed by atoms with Gasteiger partial charge in [0.05, 0.1) is 6.10 Å². The van der Waals surface area contributed by atoms with E-state index in [1.807, 2.05) is 18.2 Å². The number of nitrogens with zero attached hydrogens (tertiary/aromatic N) is 1. The van der Waals surface area contributed by atoms with Crippen LogP contribution >= 0.6 is 0 Å². The highest BCUT2D eigenvalue weighted by molar-refractivity contribution is 6.09. The average molecular weight is 453 g/mol. The molecule has 1 unspecified atom stereocenters. The molecule has 0 radical (unpaired) electrons. The lowest BCUT2D eigenvalue weighted by Crippen LogP contribution is -2.57. The molecule has 1 aromatic rings. The van der Waals surface area contributed by atoms with E-state index in [4.69, 9.17) is 4.74 Å². The molecule has 1 saturated carbocycles. The molecule has 2 fully saturated rings. The molecule has 1 aromatic carbocycles. The molecule has 3 amide bonds. The Morgan fingerprint density at radius 2 is 1.91 bits per heavy atom. The standard InChI is InChI=1S/C24H31F3N2O3/c1-15(2)4-5-16-6-7-17-13-22(10-8-18(32-3)9-11-22)24(19(17)12-16)20(30)29(21(31)28-24)14-23(25,26)27/h6-7,12,15,18H,4-5,8-11,13-14H2,1-3H3,(H,28,31). The summed E-state index contributed by atoms with van der Waals surface area (Å²) in [5.74, 6) is -0.265. The number of nitrogens with one attached hydrogen (secondary N) is 1. The third-order valence-corrected chi connectivity index (χ3v) is 7.58. The van der Waals surface area contributed by atoms with Crippen LogP contribution in [0.1, 0.15) is 62.6 Å². The smallest absolute Gasteiger partial charge is 0.381 e. The van der Waals surface area contributed by atoms with Crippen molar-refractivity contribution in [2.45, 2.75) is 76.6 Å². The Bertz CT molecular complexity index is 906. The number of imide groups is 1. The lowest BCUT2D eigenvalue weighted by Gasteiger charge is -2.46. The van der Waals surface area contributed by atoms with E-state index in [9.17, 15) is 22.8 Å². The van der Waals surface area contributed by atoms with Gasteiger partial charge in [-0.15, -0.1) is 0 Å². The van der Waals surface area contributed by atoms with E-state index in [0.717, 1.165) is 24.0 Å². The molecule has 0 aromatic heterocycles. The fourth-order valence-electron chi connectivity index (χ4n) is 5.89. The van der Waals surface area contributed by atoms with Gasteiger partial charge in [-0.1, -0.05) is 32.0 Å². The number of ether oxygens (including phenoxy) is 1. The summed E-state index contributed by atoms with van der Waals surface area (Å²) >= 11 is 0. The highest BCUT2D eigenvalue weighted by Gasteiger charge is 2.68. The van der Waals surface area contributed by atoms with Gasteiger partial charge in [0.1, 0.15) is 6.54 Å². The van der Waals surface area contributed by atoms with Gasteiger partial charge in [0.2, 0.25) is 0 Å². The summed E-state index contributed by atoms with van der Waals surface area (Å²) in [5.41, 5.74) is 0.566. The Morgan fingerprint density at radius 1 is 1.22 bits per heavy atom. The number of alkyl halides is 3. The van der Waals surface area contributed by atoms with Crippen LogP contribution in [0.25, 0.3) is 0 Å². The van der Waals surface area contributed by atoms with Crippen LogP contribution in [0.3, 0.4) is 0 Å². The highest BCUT2D eigenvalue weighted by Crippen LogP contribution is 2.60. The first kappa shape index (κ1) is 23.1. The third kappa shape index (κ3) is 3.70. The van der Waals surface area contributed by atoms with E-state index < -0.39 is 35.6 Å². The number of methoxy groups -OCH3 is 1. The van der Waals surface area contributed by atoms with Gasteiger partial charge < -0.3 is 10.1 Å². The number of amides is 3. The van der Waals surface area contributed by atoms with Crippen molar-refractivity contribution in [2.24, 2.45) is 11.3 Å². The van der Waals surface area contributed by atoms with Crippen molar-refractivity contribution in [1.29, 1.82) is 0 Å². The van der Waals surface area contributed by atoms with Crippen LogP contribution in [-0.4, -0.2) is 42.8 Å². The Morgan fingerprint density at radius 3 is 2.50 bits per heavy atom. The summed E-state index contributed by atoms with van der Waals surface area (Å²) in [6.07, 6.45) is 0.363. The first-order valence-electron chi connectivity index (χ1n) is 11.4. The third-order valence-electron chi connectivity index (χ3n) is 7.58. The van der Waals surface area contributed by atoms with Gasteiger partial charge >= 0.3 is 12.2 Å². The number of hydrogen-bond donors (Lipinski definition) is 1. The molecule has 1 atom stereocenters. The summed E-state index contributed by atoms with van der Waals surface area (Å²) < 4.78 is 45.1. The van der Waals surface area contributed by atoms with Gasteiger partial charge in [-0.05, 0) is 67.6 Å². The number of rotatable bonds is 5. The summed E-state index contributed by atoms with van der Waals surface area (Å²) in [4.78, 5) is 26.8. The topological polar surface area (TPSA) is 58.6 Å². The van der Waals surface area contributed by atoms with E-state index in [1.54, 1.807) is 7.11 Å². The van der Waals surface area contributed by atoms with Gasteiger partial charge in [0, 0.05) is 12.5 Å². The second-order valence-corrected chi connectivity index (χ2v) is 10.0. The van der Waals surface area contributed by atoms with Gasteiger partial charge in [0.15, 0.2) is 5.54 Å². The SMILES string of the molecule is COC1CCC2(CC1)Cc1ccc(CCC(C)C)cc1C21NC(=O)N(CC(F)(F)F)C1=O. The Labute approximate surface area is 186 Å². The van der Waals surface area contributed by atoms with Crippen LogP contribution < -0.4 is 5.32 Å². The second kappa shape index (κ2) is 8.04. The Balaban J connectivity index is 1.78. The zero-order chi connectivity index (χ0) is 23.3. The number of hydrogen-bond acceptors (Lipinski definition) is 3. The number of urea groups is 1. The molecule has 1 N–H and O–H groups in total. The molecule has 4 rings (SSSR count). The molecule has 3 aliphatic rings. The maximum atomic E-state index is 13.7. The van der Waals surface area contributed by atoms with Crippen molar-refractivity contribution in [2.75, 3.05) is 13.7 Å². The Hall–Kier alpha value is -2.09. The summed E-state index contributed by atoms with van der Waals surface area (Å²) in [5, 5.41) is 2.79. The van der Waals surface area contributed by atoms with Crippen LogP contribution in [0.4, 0.5) is 18.0 Å². The van der Waals surface area contributed by atoms with Crippen LogP contribution in [0.2, 0.25) is 0 Å². The maximum absolute atomic E-state index is 13.7. The monoisotopic (exact) mass is 452 g/mol. The molecular formula is C24H31F3N2O3. The van der Waals surface area contributed by atoms with Crippen LogP contribution in [0.5, 0.6) is 0 Å². The molecule has 2 spiro atoms. The molecule has 2 aliphatic carbocycles. The number of carbonyl (C=O) groups excluding carboxylic acids is 2. The minimum absolute atomic E-state index is 0.0569. The van der Waals surface area contributed by atoms with Gasteiger partial charge in [-0.2, -0.15) is 13.2 Å². The van der Waals surface area contributed by atoms with E-state index >= 15 is 0 Å². The molecule has 1 saturated heterocycles. The zero-order valence-electron chi connectivity index (χ0n) is 18.8. The molecule has 176 valence electrons. The molecule has 1 aliphatic heterocycles. The summed E-state index contributed by atoms with van der Waals surface area (Å²) in [7, 11) is 1.65. The van der Waals surface area contributed by atoms with Crippen LogP contribution in [0.15, 0.2) is 18.2 Å². The quantitative estimate of drug-likeness (QED) is 0.658. The van der Waals surface area contributed by atoms with E-state index in [0.29, 0.717) is 48.5 Å². The van der Waals surface area contributed by atoms with E-state index in [2.05, 4.69) is 19.2 Å². The lowest BCUT2D eigenvalue weighted by atomic mass is 9.61. The largest absolute Gasteiger partial charge is 0.406 e. The minimum Gasteiger partial charge on any atom is -0.381 e. The predicted octanol–water partition coefficient (Wildman–Crippen LogP) is 4.72. The molecule has 0 bridgehead atoms. The van der Waals surface area contributed by atoms with Crippen molar-refractivity contribution in [3.05, 3.63) is 34.9 Å². The second-order valence-electron chi connectivity index (χ2n) is 10.0. The van der Waals surface area contributed by atoms with Gasteiger partial charge in [-0.3, -0.25) is 9.69 Å². The highest BCUT2D eigenvalue weighted by atomic mass is 19.4. The van der Waals surface area contributed by atoms with Crippen molar-refractivity contribution in [3.63, 3.8) is 0 Å². The number of halogens is 3. The zero-order valence-corrected chi connectivity index (χ0v) is 18.8. The summed E-state index contributed by atoms with van der Waals surface area (Å²) in [6, 6.07) is 5.03. The van der Waals surface area contributed by atoms with Crippen molar-refractivity contribution in [1.82, 2.24) is 10.2 Å². The predicted molar refractivity (Wildman–Crippen MR) is 113 cm³/mol. The number of fused-ring (bicyclic) bond motifs is 3. The summed E-state index contributed by atoms with van der Waals surface area (Å²) in [6.45, 7) is 2.69. The normalized spacial score (nSPS) is 30.0. The fraction of sp³-hybridized carbons (Fsp3) is 0.667. The minimum atomic E-state index is -4.65. The lowest BCUT2D eigenvalue weighted by molar-refractivity contribution is -0.158. The molecular weight excluding hydrogens is 421 g/mol. The number of aryl methyl sites for hydroxylation is 1. The van der Waals surface area contributed by atoms with E-state index in [-0.39, 0.29) is 6.10 Å². The first-order valence-corrected chi connectivity index (χ1v) is 11.4. The Kier molecular flexibility index (Phi) is 5.80. The maximum Gasteiger partial charge on any atom is 0.406 e. The molecule has 1 heterocycles. The van der Waals surface area contributed by atoms with Crippen molar-refractivity contribution < 1.29 is 27.5 Å².